The second kappa shape index (κ2) is 12.8. The largest absolute Gasteiger partial charge is 0.493 e. The van der Waals surface area contributed by atoms with Gasteiger partial charge in [0.1, 0.15) is 29.3 Å². The lowest BCUT2D eigenvalue weighted by atomic mass is 9.71. The van der Waals surface area contributed by atoms with Crippen molar-refractivity contribution in [1.29, 1.82) is 0 Å². The van der Waals surface area contributed by atoms with Crippen molar-refractivity contribution in [3.05, 3.63) is 93.2 Å². The first-order chi connectivity index (χ1) is 20.6. The number of primary amides is 1. The number of benzene rings is 2. The highest BCUT2D eigenvalue weighted by Crippen LogP contribution is 2.54. The molecule has 3 N–H and O–H groups in total. The minimum atomic E-state index is -1.28. The lowest BCUT2D eigenvalue weighted by Gasteiger charge is -2.44. The fraction of sp³-hybridized carbons (Fsp3) is 0.394. The van der Waals surface area contributed by atoms with Crippen molar-refractivity contribution in [2.45, 2.75) is 70.6 Å². The number of hydrogen-bond acceptors (Lipinski definition) is 7. The van der Waals surface area contributed by atoms with Crippen LogP contribution in [-0.2, 0) is 26.0 Å². The summed E-state index contributed by atoms with van der Waals surface area (Å²) in [6, 6.07) is 16.3. The predicted octanol–water partition coefficient (Wildman–Crippen LogP) is 6.35. The molecule has 1 aliphatic heterocycles. The van der Waals surface area contributed by atoms with Crippen LogP contribution in [-0.4, -0.2) is 52.1 Å². The van der Waals surface area contributed by atoms with Gasteiger partial charge in [0.15, 0.2) is 0 Å². The quantitative estimate of drug-likeness (QED) is 0.280. The smallest absolute Gasteiger partial charge is 0.416 e. The minimum absolute atomic E-state index is 0.255. The zero-order valence-corrected chi connectivity index (χ0v) is 27.2. The standard InChI is InChI=1S/C33H38Cl2N4O5/c1-7-43-26-17-27(31(2,3)4)37-18-25(26)29-38-32(5,20-8-12-22(34)13-9-20)33(6,21-10-14-23(35)15-11-21)39(29)30(42)44-19-24(40)16-28(36)41/h8-15,17-18,24,40H,7,16,19H2,1-6H3,(H2,36,41)/t24-,32-,33+/m0/s1. The van der Waals surface area contributed by atoms with Crippen molar-refractivity contribution in [2.75, 3.05) is 13.2 Å². The molecule has 9 nitrogen and oxygen atoms in total. The Kier molecular flexibility index (Phi) is 9.63. The van der Waals surface area contributed by atoms with Crippen LogP contribution in [0.4, 0.5) is 4.79 Å². The summed E-state index contributed by atoms with van der Waals surface area (Å²) in [6.07, 6.45) is -0.791. The number of aliphatic hydroxyl groups excluding tert-OH is 1. The van der Waals surface area contributed by atoms with Crippen molar-refractivity contribution >= 4 is 41.0 Å². The Labute approximate surface area is 268 Å². The first kappa shape index (κ1) is 33.2. The summed E-state index contributed by atoms with van der Waals surface area (Å²) in [5.74, 6) is 0.0342. The second-order valence-electron chi connectivity index (χ2n) is 12.1. The third-order valence-electron chi connectivity index (χ3n) is 7.94. The SMILES string of the molecule is CCOc1cc(C(C)(C)C)ncc1C1=N[C@@](C)(c2ccc(Cl)cc2)[C@@](C)(c2ccc(Cl)cc2)N1C(=O)OC[C@@H](O)CC(N)=O. The molecule has 11 heteroatoms. The number of nitrogens with two attached hydrogens (primary N) is 1. The Morgan fingerprint density at radius 3 is 2.11 bits per heavy atom. The van der Waals surface area contributed by atoms with Gasteiger partial charge in [-0.25, -0.2) is 9.69 Å². The number of halogens is 2. The Balaban J connectivity index is 1.99. The molecular weight excluding hydrogens is 603 g/mol. The van der Waals surface area contributed by atoms with Gasteiger partial charge >= 0.3 is 6.09 Å². The van der Waals surface area contributed by atoms with E-state index < -0.39 is 35.8 Å². The molecule has 2 amide bonds. The van der Waals surface area contributed by atoms with Crippen LogP contribution in [0.5, 0.6) is 5.75 Å². The van der Waals surface area contributed by atoms with Crippen LogP contribution in [0.1, 0.15) is 70.3 Å². The van der Waals surface area contributed by atoms with Crippen LogP contribution in [0.2, 0.25) is 10.0 Å². The van der Waals surface area contributed by atoms with E-state index in [1.165, 1.54) is 4.90 Å². The maximum Gasteiger partial charge on any atom is 0.416 e. The van der Waals surface area contributed by atoms with Crippen molar-refractivity contribution in [1.82, 2.24) is 9.88 Å². The number of amidine groups is 1. The number of aliphatic hydroxyl groups is 1. The summed E-state index contributed by atoms with van der Waals surface area (Å²) in [5.41, 5.74) is 5.43. The van der Waals surface area contributed by atoms with E-state index in [0.717, 1.165) is 11.3 Å². The van der Waals surface area contributed by atoms with Gasteiger partial charge in [0.05, 0.1) is 24.7 Å². The van der Waals surface area contributed by atoms with Gasteiger partial charge in [-0.1, -0.05) is 68.2 Å². The van der Waals surface area contributed by atoms with Crippen LogP contribution in [0.15, 0.2) is 65.8 Å². The van der Waals surface area contributed by atoms with Crippen molar-refractivity contribution in [3.63, 3.8) is 0 Å². The number of carbonyl (C=O) groups is 2. The maximum absolute atomic E-state index is 14.2. The number of carbonyl (C=O) groups excluding carboxylic acids is 2. The summed E-state index contributed by atoms with van der Waals surface area (Å²) in [6.45, 7) is 11.7. The second-order valence-corrected chi connectivity index (χ2v) is 13.0. The summed E-state index contributed by atoms with van der Waals surface area (Å²) in [5, 5.41) is 11.4. The molecule has 234 valence electrons. The fourth-order valence-electron chi connectivity index (χ4n) is 5.37. The maximum atomic E-state index is 14.2. The van der Waals surface area contributed by atoms with Crippen LogP contribution >= 0.6 is 23.2 Å². The average molecular weight is 642 g/mol. The normalized spacial score (nSPS) is 20.7. The molecule has 2 heterocycles. The number of amides is 2. The van der Waals surface area contributed by atoms with Crippen molar-refractivity contribution in [2.24, 2.45) is 10.7 Å². The Morgan fingerprint density at radius 1 is 1.02 bits per heavy atom. The predicted molar refractivity (Wildman–Crippen MR) is 171 cm³/mol. The average Bonchev–Trinajstić information content (AvgIpc) is 3.20. The molecule has 0 fully saturated rings. The molecule has 3 aromatic rings. The van der Waals surface area contributed by atoms with E-state index >= 15 is 0 Å². The molecule has 0 saturated heterocycles. The number of hydrogen-bond donors (Lipinski definition) is 2. The van der Waals surface area contributed by atoms with Crippen LogP contribution in [0.3, 0.4) is 0 Å². The number of aliphatic imine (C=N–C) groups is 1. The molecule has 2 aromatic carbocycles. The van der Waals surface area contributed by atoms with Gasteiger partial charge in [0.25, 0.3) is 0 Å². The monoisotopic (exact) mass is 640 g/mol. The van der Waals surface area contributed by atoms with E-state index in [2.05, 4.69) is 0 Å². The van der Waals surface area contributed by atoms with Gasteiger partial charge in [0, 0.05) is 33.4 Å². The van der Waals surface area contributed by atoms with Crippen LogP contribution in [0, 0.1) is 0 Å². The van der Waals surface area contributed by atoms with Gasteiger partial charge in [0.2, 0.25) is 5.91 Å². The van der Waals surface area contributed by atoms with Crippen LogP contribution < -0.4 is 10.5 Å². The Morgan fingerprint density at radius 2 is 1.59 bits per heavy atom. The minimum Gasteiger partial charge on any atom is -0.493 e. The molecule has 1 aliphatic rings. The molecule has 3 atom stereocenters. The molecule has 4 rings (SSSR count). The molecule has 0 spiro atoms. The van der Waals surface area contributed by atoms with Gasteiger partial charge in [-0.2, -0.15) is 0 Å². The summed E-state index contributed by atoms with van der Waals surface area (Å²) < 4.78 is 11.8. The number of nitrogens with zero attached hydrogens (tertiary/aromatic N) is 3. The molecule has 0 aliphatic carbocycles. The van der Waals surface area contributed by atoms with E-state index in [9.17, 15) is 14.7 Å². The van der Waals surface area contributed by atoms with Gasteiger partial charge in [-0.05, 0) is 56.2 Å². The molecule has 44 heavy (non-hydrogen) atoms. The van der Waals surface area contributed by atoms with Gasteiger partial charge in [-0.3, -0.25) is 14.8 Å². The summed E-state index contributed by atoms with van der Waals surface area (Å²) in [7, 11) is 0. The van der Waals surface area contributed by atoms with Gasteiger partial charge < -0.3 is 20.3 Å². The number of ether oxygens (including phenoxy) is 2. The molecule has 0 radical (unpaired) electrons. The highest BCUT2D eigenvalue weighted by atomic mass is 35.5. The first-order valence-electron chi connectivity index (χ1n) is 14.3. The van der Waals surface area contributed by atoms with E-state index in [-0.39, 0.29) is 17.7 Å². The molecule has 0 unspecified atom stereocenters. The zero-order valence-electron chi connectivity index (χ0n) is 25.7. The lowest BCUT2D eigenvalue weighted by molar-refractivity contribution is -0.120. The van der Waals surface area contributed by atoms with Crippen LogP contribution in [0.25, 0.3) is 0 Å². The van der Waals surface area contributed by atoms with E-state index in [1.54, 1.807) is 30.5 Å². The number of rotatable bonds is 9. The summed E-state index contributed by atoms with van der Waals surface area (Å²) in [4.78, 5) is 37.1. The molecule has 0 saturated carbocycles. The molecule has 0 bridgehead atoms. The lowest BCUT2D eigenvalue weighted by Crippen LogP contribution is -2.55. The topological polar surface area (TPSA) is 127 Å². The zero-order chi connectivity index (χ0) is 32.4. The number of aromatic nitrogens is 1. The fourth-order valence-corrected chi connectivity index (χ4v) is 5.62. The van der Waals surface area contributed by atoms with Crippen molar-refractivity contribution in [3.8, 4) is 5.75 Å². The van der Waals surface area contributed by atoms with Gasteiger partial charge in [-0.15, -0.1) is 0 Å². The molecule has 1 aromatic heterocycles. The highest BCUT2D eigenvalue weighted by molar-refractivity contribution is 6.30. The Hall–Kier alpha value is -3.66. The van der Waals surface area contributed by atoms with E-state index in [0.29, 0.717) is 33.5 Å². The summed E-state index contributed by atoms with van der Waals surface area (Å²) >= 11 is 12.6. The van der Waals surface area contributed by atoms with E-state index in [1.807, 2.05) is 71.9 Å². The first-order valence-corrected chi connectivity index (χ1v) is 15.1. The molecular formula is C33H38Cl2N4O5. The highest BCUT2D eigenvalue weighted by Gasteiger charge is 2.60. The van der Waals surface area contributed by atoms with E-state index in [4.69, 9.17) is 48.4 Å². The Bertz CT molecular complexity index is 1560. The number of pyridine rings is 1. The van der Waals surface area contributed by atoms with Crippen molar-refractivity contribution < 1.29 is 24.2 Å². The third-order valence-corrected chi connectivity index (χ3v) is 8.45. The third kappa shape index (κ3) is 6.41.